The van der Waals surface area contributed by atoms with E-state index >= 15 is 0 Å². The van der Waals surface area contributed by atoms with E-state index in [0.29, 0.717) is 16.9 Å². The molecule has 0 amide bonds. The molecule has 2 heterocycles. The average Bonchev–Trinajstić information content (AvgIpc) is 2.85. The summed E-state index contributed by atoms with van der Waals surface area (Å²) in [4.78, 5) is 14.6. The molecule has 0 bridgehead atoms. The zero-order valence-corrected chi connectivity index (χ0v) is 10.2. The summed E-state index contributed by atoms with van der Waals surface area (Å²) in [5.74, 6) is 2.15. The topological polar surface area (TPSA) is 76.2 Å². The Morgan fingerprint density at radius 1 is 1.69 bits per heavy atom. The van der Waals surface area contributed by atoms with Crippen molar-refractivity contribution >= 4 is 29.5 Å². The Hall–Kier alpha value is -0.690. The lowest BCUT2D eigenvalue weighted by molar-refractivity contribution is -0.133. The maximum atomic E-state index is 10.3. The summed E-state index contributed by atoms with van der Waals surface area (Å²) in [5, 5.41) is 12.8. The second kappa shape index (κ2) is 5.58. The smallest absolute Gasteiger partial charge is 0.313 e. The molecule has 0 spiro atoms. The van der Waals surface area contributed by atoms with Crippen LogP contribution in [0.25, 0.3) is 0 Å². The second-order valence-corrected chi connectivity index (χ2v) is 5.73. The lowest BCUT2D eigenvalue weighted by Gasteiger charge is -1.98. The summed E-state index contributed by atoms with van der Waals surface area (Å²) >= 11 is 3.12. The van der Waals surface area contributed by atoms with E-state index in [0.717, 1.165) is 18.0 Å². The lowest BCUT2D eigenvalue weighted by atomic mass is 10.2. The summed E-state index contributed by atoms with van der Waals surface area (Å²) in [7, 11) is 0. The molecule has 0 radical (unpaired) electrons. The third-order valence-corrected chi connectivity index (χ3v) is 4.43. The summed E-state index contributed by atoms with van der Waals surface area (Å²) < 4.78 is 5.07. The van der Waals surface area contributed by atoms with Gasteiger partial charge in [-0.3, -0.25) is 4.79 Å². The highest BCUT2D eigenvalue weighted by atomic mass is 32.2. The first kappa shape index (κ1) is 11.8. The van der Waals surface area contributed by atoms with Crippen molar-refractivity contribution in [1.82, 2.24) is 10.1 Å². The van der Waals surface area contributed by atoms with Gasteiger partial charge in [0.05, 0.1) is 16.8 Å². The molecule has 1 unspecified atom stereocenters. The molecule has 1 N–H and O–H groups in total. The number of carboxylic acids is 1. The molecule has 5 nitrogen and oxygen atoms in total. The van der Waals surface area contributed by atoms with Gasteiger partial charge in [0.1, 0.15) is 0 Å². The van der Waals surface area contributed by atoms with E-state index in [2.05, 4.69) is 10.1 Å². The van der Waals surface area contributed by atoms with E-state index in [1.54, 1.807) is 0 Å². The number of carbonyl (C=O) groups is 1. The zero-order chi connectivity index (χ0) is 11.4. The molecule has 1 aliphatic rings. The normalized spacial score (nSPS) is 20.1. The monoisotopic (exact) mass is 260 g/mol. The predicted octanol–water partition coefficient (Wildman–Crippen LogP) is 1.96. The summed E-state index contributed by atoms with van der Waals surface area (Å²) in [6.45, 7) is 0. The van der Waals surface area contributed by atoms with Crippen molar-refractivity contribution in [3.63, 3.8) is 0 Å². The minimum Gasteiger partial charge on any atom is -0.481 e. The number of hydrogen-bond acceptors (Lipinski definition) is 6. The highest BCUT2D eigenvalue weighted by molar-refractivity contribution is 7.99. The highest BCUT2D eigenvalue weighted by Gasteiger charge is 2.22. The average molecular weight is 260 g/mol. The minimum absolute atomic E-state index is 0.0654. The molecular weight excluding hydrogens is 248 g/mol. The molecule has 1 aliphatic heterocycles. The van der Waals surface area contributed by atoms with Crippen LogP contribution in [-0.4, -0.2) is 32.7 Å². The van der Waals surface area contributed by atoms with Gasteiger partial charge in [-0.15, -0.1) is 11.8 Å². The second-order valence-electron chi connectivity index (χ2n) is 3.43. The van der Waals surface area contributed by atoms with Crippen molar-refractivity contribution in [2.45, 2.75) is 23.8 Å². The van der Waals surface area contributed by atoms with Crippen LogP contribution in [0.2, 0.25) is 0 Å². The Labute approximate surface area is 101 Å². The van der Waals surface area contributed by atoms with Gasteiger partial charge in [0.15, 0.2) is 5.82 Å². The SMILES string of the molecule is O=C(O)CSCc1nc(C2CCCS2)no1. The van der Waals surface area contributed by atoms with Gasteiger partial charge in [-0.2, -0.15) is 16.7 Å². The van der Waals surface area contributed by atoms with Gasteiger partial charge in [-0.05, 0) is 18.6 Å². The van der Waals surface area contributed by atoms with Crippen LogP contribution in [-0.2, 0) is 10.5 Å². The Kier molecular flexibility index (Phi) is 4.11. The van der Waals surface area contributed by atoms with E-state index in [9.17, 15) is 4.79 Å². The van der Waals surface area contributed by atoms with Gasteiger partial charge in [0.25, 0.3) is 0 Å². The van der Waals surface area contributed by atoms with E-state index in [1.165, 1.54) is 18.2 Å². The molecule has 16 heavy (non-hydrogen) atoms. The van der Waals surface area contributed by atoms with Crippen LogP contribution in [0.15, 0.2) is 4.52 Å². The van der Waals surface area contributed by atoms with E-state index in [1.807, 2.05) is 11.8 Å². The lowest BCUT2D eigenvalue weighted by Crippen LogP contribution is -1.98. The molecular formula is C9H12N2O3S2. The Morgan fingerprint density at radius 2 is 2.56 bits per heavy atom. The van der Waals surface area contributed by atoms with Crippen molar-refractivity contribution in [3.05, 3.63) is 11.7 Å². The Morgan fingerprint density at radius 3 is 3.25 bits per heavy atom. The maximum Gasteiger partial charge on any atom is 0.313 e. The number of aromatic nitrogens is 2. The van der Waals surface area contributed by atoms with E-state index in [4.69, 9.17) is 9.63 Å². The van der Waals surface area contributed by atoms with E-state index < -0.39 is 5.97 Å². The molecule has 2 rings (SSSR count). The number of hydrogen-bond donors (Lipinski definition) is 1. The quantitative estimate of drug-likeness (QED) is 0.867. The van der Waals surface area contributed by atoms with Gasteiger partial charge in [-0.1, -0.05) is 5.16 Å². The van der Waals surface area contributed by atoms with Crippen LogP contribution in [0.5, 0.6) is 0 Å². The van der Waals surface area contributed by atoms with Crippen LogP contribution in [0.4, 0.5) is 0 Å². The third-order valence-electron chi connectivity index (χ3n) is 2.15. The van der Waals surface area contributed by atoms with Crippen molar-refractivity contribution in [2.24, 2.45) is 0 Å². The van der Waals surface area contributed by atoms with Crippen molar-refractivity contribution in [3.8, 4) is 0 Å². The first-order chi connectivity index (χ1) is 7.75. The molecule has 0 aliphatic carbocycles. The first-order valence-corrected chi connectivity index (χ1v) is 7.19. The van der Waals surface area contributed by atoms with Gasteiger partial charge in [0, 0.05) is 0 Å². The summed E-state index contributed by atoms with van der Waals surface area (Å²) in [6, 6.07) is 0. The van der Waals surface area contributed by atoms with Gasteiger partial charge in [-0.25, -0.2) is 0 Å². The molecule has 1 aromatic heterocycles. The van der Waals surface area contributed by atoms with Crippen LogP contribution in [0.1, 0.15) is 29.8 Å². The third kappa shape index (κ3) is 3.15. The summed E-state index contributed by atoms with van der Waals surface area (Å²) in [5.41, 5.74) is 0. The number of carboxylic acid groups (broad SMARTS) is 1. The fraction of sp³-hybridized carbons (Fsp3) is 0.667. The van der Waals surface area contributed by atoms with Crippen molar-refractivity contribution in [1.29, 1.82) is 0 Å². The first-order valence-electron chi connectivity index (χ1n) is 4.99. The molecule has 1 atom stereocenters. The van der Waals surface area contributed by atoms with Gasteiger partial charge in [0.2, 0.25) is 5.89 Å². The van der Waals surface area contributed by atoms with Gasteiger partial charge >= 0.3 is 5.97 Å². The number of nitrogens with zero attached hydrogens (tertiary/aromatic N) is 2. The molecule has 1 aromatic rings. The predicted molar refractivity (Wildman–Crippen MR) is 62.5 cm³/mol. The van der Waals surface area contributed by atoms with Crippen molar-refractivity contribution < 1.29 is 14.4 Å². The van der Waals surface area contributed by atoms with Crippen LogP contribution < -0.4 is 0 Å². The van der Waals surface area contributed by atoms with Crippen LogP contribution >= 0.6 is 23.5 Å². The fourth-order valence-electron chi connectivity index (χ4n) is 1.46. The zero-order valence-electron chi connectivity index (χ0n) is 8.59. The molecule has 7 heteroatoms. The molecule has 88 valence electrons. The fourth-order valence-corrected chi connectivity index (χ4v) is 3.23. The number of aliphatic carboxylic acids is 1. The number of thioether (sulfide) groups is 2. The standard InChI is InChI=1S/C9H12N2O3S2/c12-8(13)5-15-4-7-10-9(11-14-7)6-2-1-3-16-6/h6H,1-5H2,(H,12,13). The van der Waals surface area contributed by atoms with Crippen molar-refractivity contribution in [2.75, 3.05) is 11.5 Å². The van der Waals surface area contributed by atoms with Crippen LogP contribution in [0.3, 0.4) is 0 Å². The van der Waals surface area contributed by atoms with Gasteiger partial charge < -0.3 is 9.63 Å². The molecule has 1 fully saturated rings. The summed E-state index contributed by atoms with van der Waals surface area (Å²) in [6.07, 6.45) is 2.30. The molecule has 0 saturated carbocycles. The number of rotatable bonds is 5. The Bertz CT molecular complexity index is 363. The Balaban J connectivity index is 1.84. The minimum atomic E-state index is -0.823. The maximum absolute atomic E-state index is 10.3. The molecule has 0 aromatic carbocycles. The molecule has 1 saturated heterocycles. The van der Waals surface area contributed by atoms with Crippen LogP contribution in [0, 0.1) is 0 Å². The largest absolute Gasteiger partial charge is 0.481 e. The van der Waals surface area contributed by atoms with E-state index in [-0.39, 0.29) is 5.75 Å². The highest BCUT2D eigenvalue weighted by Crippen LogP contribution is 2.38.